The molecule has 2 atom stereocenters. The van der Waals surface area contributed by atoms with Crippen LogP contribution in [0.4, 0.5) is 0 Å². The van der Waals surface area contributed by atoms with Crippen molar-refractivity contribution in [2.75, 3.05) is 33.4 Å². The number of likely N-dealkylation sites (tertiary alicyclic amines) is 1. The molecule has 1 saturated heterocycles. The fraction of sp³-hybridized carbons (Fsp3) is 1.00. The molecular weight excluding hydrogens is 212 g/mol. The predicted molar refractivity (Wildman–Crippen MR) is 73.5 cm³/mol. The van der Waals surface area contributed by atoms with Crippen molar-refractivity contribution in [3.8, 4) is 0 Å². The van der Waals surface area contributed by atoms with E-state index < -0.39 is 0 Å². The molecule has 17 heavy (non-hydrogen) atoms. The zero-order valence-electron chi connectivity index (χ0n) is 12.1. The number of likely N-dealkylation sites (N-methyl/N-ethyl adjacent to an activating group) is 1. The van der Waals surface area contributed by atoms with Gasteiger partial charge in [0.1, 0.15) is 0 Å². The van der Waals surface area contributed by atoms with Crippen LogP contribution in [0.2, 0.25) is 0 Å². The lowest BCUT2D eigenvalue weighted by Gasteiger charge is -2.47. The number of nitrogens with zero attached hydrogens (tertiary/aromatic N) is 1. The minimum Gasteiger partial charge on any atom is -0.380 e. The van der Waals surface area contributed by atoms with E-state index in [9.17, 15) is 0 Å². The smallest absolute Gasteiger partial charge is 0.0637 e. The lowest BCUT2D eigenvalue weighted by molar-refractivity contribution is 0.00760. The third-order valence-corrected chi connectivity index (χ3v) is 4.38. The summed E-state index contributed by atoms with van der Waals surface area (Å²) in [6.45, 7) is 10.9. The van der Waals surface area contributed by atoms with E-state index in [0.29, 0.717) is 6.04 Å². The van der Waals surface area contributed by atoms with Crippen LogP contribution in [0.5, 0.6) is 0 Å². The molecule has 3 heteroatoms. The molecule has 0 radical (unpaired) electrons. The van der Waals surface area contributed by atoms with Crippen LogP contribution in [0.1, 0.15) is 46.5 Å². The summed E-state index contributed by atoms with van der Waals surface area (Å²) in [7, 11) is 2.06. The second-order valence-corrected chi connectivity index (χ2v) is 5.26. The summed E-state index contributed by atoms with van der Waals surface area (Å²) in [5, 5.41) is 3.46. The summed E-state index contributed by atoms with van der Waals surface area (Å²) < 4.78 is 5.64. The Morgan fingerprint density at radius 2 is 1.88 bits per heavy atom. The quantitative estimate of drug-likeness (QED) is 0.741. The zero-order chi connectivity index (χ0) is 12.7. The van der Waals surface area contributed by atoms with E-state index in [1.54, 1.807) is 0 Å². The van der Waals surface area contributed by atoms with Crippen LogP contribution < -0.4 is 5.32 Å². The van der Waals surface area contributed by atoms with E-state index in [1.807, 2.05) is 0 Å². The monoisotopic (exact) mass is 242 g/mol. The van der Waals surface area contributed by atoms with Crippen molar-refractivity contribution < 1.29 is 4.74 Å². The topological polar surface area (TPSA) is 24.5 Å². The molecule has 1 aliphatic heterocycles. The van der Waals surface area contributed by atoms with Gasteiger partial charge in [0.05, 0.1) is 6.61 Å². The second kappa shape index (κ2) is 7.34. The van der Waals surface area contributed by atoms with Gasteiger partial charge in [-0.1, -0.05) is 13.3 Å². The maximum absolute atomic E-state index is 5.64. The molecule has 0 bridgehead atoms. The van der Waals surface area contributed by atoms with Gasteiger partial charge in [-0.2, -0.15) is 0 Å². The van der Waals surface area contributed by atoms with Gasteiger partial charge in [0.2, 0.25) is 0 Å². The molecule has 1 fully saturated rings. The predicted octanol–water partition coefficient (Wildman–Crippen LogP) is 2.27. The number of ether oxygens (including phenoxy) is 1. The summed E-state index contributed by atoms with van der Waals surface area (Å²) in [6, 6.07) is 0.422. The van der Waals surface area contributed by atoms with Gasteiger partial charge in [-0.3, -0.25) is 4.90 Å². The first-order valence-electron chi connectivity index (χ1n) is 7.19. The number of hydrogen-bond acceptors (Lipinski definition) is 3. The van der Waals surface area contributed by atoms with Crippen LogP contribution in [0.15, 0.2) is 0 Å². The van der Waals surface area contributed by atoms with E-state index >= 15 is 0 Å². The SMILES string of the molecule is CCOCC(NC)C(C)(CC)N1CCCCC1. The Hall–Kier alpha value is -0.120. The van der Waals surface area contributed by atoms with E-state index in [-0.39, 0.29) is 5.54 Å². The lowest BCUT2D eigenvalue weighted by Crippen LogP contribution is -2.61. The highest BCUT2D eigenvalue weighted by Crippen LogP contribution is 2.27. The van der Waals surface area contributed by atoms with Gasteiger partial charge >= 0.3 is 0 Å². The first-order valence-corrected chi connectivity index (χ1v) is 7.19. The standard InChI is InChI=1S/C14H30N2O/c1-5-14(3,13(15-4)12-17-6-2)16-10-8-7-9-11-16/h13,15H,5-12H2,1-4H3. The number of rotatable bonds is 7. The zero-order valence-corrected chi connectivity index (χ0v) is 12.1. The van der Waals surface area contributed by atoms with Crippen molar-refractivity contribution in [3.63, 3.8) is 0 Å². The number of nitrogens with one attached hydrogen (secondary N) is 1. The average Bonchev–Trinajstić information content (AvgIpc) is 2.40. The third-order valence-electron chi connectivity index (χ3n) is 4.38. The van der Waals surface area contributed by atoms with Crippen LogP contribution >= 0.6 is 0 Å². The number of piperidine rings is 1. The van der Waals surface area contributed by atoms with Gasteiger partial charge in [-0.15, -0.1) is 0 Å². The molecule has 1 N–H and O–H groups in total. The molecule has 1 heterocycles. The summed E-state index contributed by atoms with van der Waals surface area (Å²) in [5.41, 5.74) is 0.227. The molecular formula is C14H30N2O. The van der Waals surface area contributed by atoms with Crippen LogP contribution in [0.3, 0.4) is 0 Å². The van der Waals surface area contributed by atoms with E-state index in [2.05, 4.69) is 38.0 Å². The Labute approximate surface area is 107 Å². The summed E-state index contributed by atoms with van der Waals surface area (Å²) in [6.07, 6.45) is 5.26. The minimum absolute atomic E-state index is 0.227. The van der Waals surface area contributed by atoms with Crippen molar-refractivity contribution in [2.45, 2.75) is 58.0 Å². The van der Waals surface area contributed by atoms with Crippen LogP contribution in [-0.2, 0) is 4.74 Å². The normalized spacial score (nSPS) is 23.3. The Morgan fingerprint density at radius 1 is 1.24 bits per heavy atom. The maximum atomic E-state index is 5.64. The Bertz CT molecular complexity index is 204. The first-order chi connectivity index (χ1) is 8.19. The van der Waals surface area contributed by atoms with Gasteiger partial charge < -0.3 is 10.1 Å². The fourth-order valence-electron chi connectivity index (χ4n) is 2.90. The minimum atomic E-state index is 0.227. The van der Waals surface area contributed by atoms with Gasteiger partial charge in [0, 0.05) is 18.2 Å². The van der Waals surface area contributed by atoms with Crippen molar-refractivity contribution >= 4 is 0 Å². The highest BCUT2D eigenvalue weighted by atomic mass is 16.5. The molecule has 0 aromatic heterocycles. The largest absolute Gasteiger partial charge is 0.380 e. The van der Waals surface area contributed by atoms with Crippen molar-refractivity contribution in [1.82, 2.24) is 10.2 Å². The van der Waals surface area contributed by atoms with Crippen LogP contribution in [-0.4, -0.2) is 49.8 Å². The molecule has 1 aliphatic rings. The molecule has 0 amide bonds. The van der Waals surface area contributed by atoms with Gasteiger partial charge in [-0.25, -0.2) is 0 Å². The molecule has 0 aromatic carbocycles. The summed E-state index contributed by atoms with van der Waals surface area (Å²) in [4.78, 5) is 2.66. The van der Waals surface area contributed by atoms with Crippen molar-refractivity contribution in [1.29, 1.82) is 0 Å². The molecule has 1 rings (SSSR count). The highest BCUT2D eigenvalue weighted by Gasteiger charge is 2.37. The summed E-state index contributed by atoms with van der Waals surface area (Å²) in [5.74, 6) is 0. The van der Waals surface area contributed by atoms with Crippen LogP contribution in [0.25, 0.3) is 0 Å². The van der Waals surface area contributed by atoms with E-state index in [4.69, 9.17) is 4.74 Å². The van der Waals surface area contributed by atoms with Gasteiger partial charge in [0.25, 0.3) is 0 Å². The fourth-order valence-corrected chi connectivity index (χ4v) is 2.90. The molecule has 0 saturated carbocycles. The van der Waals surface area contributed by atoms with E-state index in [0.717, 1.165) is 13.2 Å². The average molecular weight is 242 g/mol. The Balaban J connectivity index is 2.68. The Morgan fingerprint density at radius 3 is 2.35 bits per heavy atom. The van der Waals surface area contributed by atoms with Gasteiger partial charge in [0.15, 0.2) is 0 Å². The second-order valence-electron chi connectivity index (χ2n) is 5.26. The first kappa shape index (κ1) is 14.9. The molecule has 0 spiro atoms. The molecule has 0 aliphatic carbocycles. The van der Waals surface area contributed by atoms with E-state index in [1.165, 1.54) is 38.8 Å². The molecule has 0 aromatic rings. The van der Waals surface area contributed by atoms with Crippen LogP contribution in [0, 0.1) is 0 Å². The molecule has 2 unspecified atom stereocenters. The number of hydrogen-bond donors (Lipinski definition) is 1. The van der Waals surface area contributed by atoms with Crippen molar-refractivity contribution in [2.24, 2.45) is 0 Å². The van der Waals surface area contributed by atoms with Crippen molar-refractivity contribution in [3.05, 3.63) is 0 Å². The maximum Gasteiger partial charge on any atom is 0.0637 e. The summed E-state index contributed by atoms with van der Waals surface area (Å²) >= 11 is 0. The molecule has 3 nitrogen and oxygen atoms in total. The molecule has 102 valence electrons. The Kier molecular flexibility index (Phi) is 6.45. The third kappa shape index (κ3) is 3.67. The highest BCUT2D eigenvalue weighted by molar-refractivity contribution is 4.96. The van der Waals surface area contributed by atoms with Gasteiger partial charge in [-0.05, 0) is 53.2 Å². The lowest BCUT2D eigenvalue weighted by atomic mass is 9.86.